The van der Waals surface area contributed by atoms with Gasteiger partial charge in [0.15, 0.2) is 0 Å². The molecule has 0 atom stereocenters. The van der Waals surface area contributed by atoms with Crippen molar-refractivity contribution in [1.29, 1.82) is 0 Å². The van der Waals surface area contributed by atoms with Crippen LogP contribution in [0, 0.1) is 0 Å². The molecular formula is C8H12O4. The van der Waals surface area contributed by atoms with Gasteiger partial charge in [-0.15, -0.1) is 0 Å². The Morgan fingerprint density at radius 3 is 2.83 bits per heavy atom. The number of hydrogen-bond donors (Lipinski definition) is 0. The third-order valence-electron chi connectivity index (χ3n) is 1.19. The monoisotopic (exact) mass is 172 g/mol. The van der Waals surface area contributed by atoms with Gasteiger partial charge in [-0.05, 0) is 13.8 Å². The Morgan fingerprint density at radius 2 is 2.33 bits per heavy atom. The summed E-state index contributed by atoms with van der Waals surface area (Å²) < 4.78 is 14.8. The zero-order valence-electron chi connectivity index (χ0n) is 7.20. The van der Waals surface area contributed by atoms with Crippen LogP contribution in [0.5, 0.6) is 0 Å². The number of ether oxygens (including phenoxy) is 3. The van der Waals surface area contributed by atoms with Crippen molar-refractivity contribution in [2.45, 2.75) is 20.0 Å². The molecule has 0 radical (unpaired) electrons. The fraction of sp³-hybridized carbons (Fsp3) is 0.625. The van der Waals surface area contributed by atoms with Gasteiger partial charge in [0.25, 0.3) is 0 Å². The van der Waals surface area contributed by atoms with E-state index in [0.29, 0.717) is 13.2 Å². The van der Waals surface area contributed by atoms with Gasteiger partial charge in [0.05, 0.1) is 6.10 Å². The third kappa shape index (κ3) is 2.45. The van der Waals surface area contributed by atoms with E-state index in [-0.39, 0.29) is 11.9 Å². The molecule has 12 heavy (non-hydrogen) atoms. The number of esters is 1. The van der Waals surface area contributed by atoms with Crippen LogP contribution < -0.4 is 0 Å². The van der Waals surface area contributed by atoms with Crippen LogP contribution in [0.3, 0.4) is 0 Å². The van der Waals surface area contributed by atoms with Crippen molar-refractivity contribution in [3.8, 4) is 0 Å². The molecule has 0 aromatic carbocycles. The quantitative estimate of drug-likeness (QED) is 0.578. The van der Waals surface area contributed by atoms with E-state index in [0.717, 1.165) is 0 Å². The van der Waals surface area contributed by atoms with Crippen LogP contribution in [-0.2, 0) is 19.0 Å². The predicted molar refractivity (Wildman–Crippen MR) is 41.2 cm³/mol. The molecule has 0 N–H and O–H groups in total. The van der Waals surface area contributed by atoms with E-state index in [1.54, 1.807) is 13.8 Å². The van der Waals surface area contributed by atoms with Gasteiger partial charge in [-0.2, -0.15) is 0 Å². The minimum absolute atomic E-state index is 0.135. The van der Waals surface area contributed by atoms with Crippen molar-refractivity contribution in [2.24, 2.45) is 0 Å². The van der Waals surface area contributed by atoms with Gasteiger partial charge in [-0.1, -0.05) is 0 Å². The van der Waals surface area contributed by atoms with Gasteiger partial charge in [-0.25, -0.2) is 4.79 Å². The van der Waals surface area contributed by atoms with Gasteiger partial charge in [0.2, 0.25) is 5.76 Å². The van der Waals surface area contributed by atoms with Crippen LogP contribution in [0.1, 0.15) is 13.8 Å². The Bertz CT molecular complexity index is 195. The molecule has 0 spiro atoms. The summed E-state index contributed by atoms with van der Waals surface area (Å²) in [4.78, 5) is 11.1. The molecule has 1 heterocycles. The number of carbonyl (C=O) groups excluding carboxylic acids is 1. The molecule has 0 saturated carbocycles. The summed E-state index contributed by atoms with van der Waals surface area (Å²) in [6.45, 7) is 4.45. The van der Waals surface area contributed by atoms with E-state index < -0.39 is 5.97 Å². The minimum atomic E-state index is -0.468. The second-order valence-electron chi connectivity index (χ2n) is 2.66. The first-order valence-corrected chi connectivity index (χ1v) is 3.85. The molecule has 0 unspecified atom stereocenters. The molecule has 1 rings (SSSR count). The molecule has 0 amide bonds. The van der Waals surface area contributed by atoms with Crippen LogP contribution in [-0.4, -0.2) is 25.3 Å². The first-order chi connectivity index (χ1) is 5.70. The largest absolute Gasteiger partial charge is 0.493 e. The van der Waals surface area contributed by atoms with E-state index in [9.17, 15) is 4.79 Å². The highest BCUT2D eigenvalue weighted by molar-refractivity contribution is 5.86. The smallest absolute Gasteiger partial charge is 0.377 e. The molecule has 0 bridgehead atoms. The van der Waals surface area contributed by atoms with E-state index in [1.165, 1.54) is 6.26 Å². The summed E-state index contributed by atoms with van der Waals surface area (Å²) in [7, 11) is 0. The van der Waals surface area contributed by atoms with Gasteiger partial charge < -0.3 is 14.2 Å². The maximum atomic E-state index is 11.1. The standard InChI is InChI=1S/C8H12O4/c1-6(2)12-8(9)7-5-10-3-4-11-7/h5-6H,3-4H2,1-2H3. The van der Waals surface area contributed by atoms with Crippen molar-refractivity contribution < 1.29 is 19.0 Å². The van der Waals surface area contributed by atoms with Gasteiger partial charge in [0.1, 0.15) is 19.5 Å². The van der Waals surface area contributed by atoms with Gasteiger partial charge in [-0.3, -0.25) is 0 Å². The number of hydrogen-bond acceptors (Lipinski definition) is 4. The zero-order chi connectivity index (χ0) is 8.97. The lowest BCUT2D eigenvalue weighted by Crippen LogP contribution is -2.19. The molecule has 1 aliphatic heterocycles. The van der Waals surface area contributed by atoms with Crippen molar-refractivity contribution in [1.82, 2.24) is 0 Å². The Kier molecular flexibility index (Phi) is 2.96. The fourth-order valence-corrected chi connectivity index (χ4v) is 0.748. The Balaban J connectivity index is 2.45. The third-order valence-corrected chi connectivity index (χ3v) is 1.19. The summed E-state index contributed by atoms with van der Waals surface area (Å²) in [6, 6.07) is 0. The van der Waals surface area contributed by atoms with Crippen LogP contribution in [0.15, 0.2) is 12.0 Å². The lowest BCUT2D eigenvalue weighted by Gasteiger charge is -2.15. The predicted octanol–water partition coefficient (Wildman–Crippen LogP) is 0.826. The molecule has 0 aromatic heterocycles. The summed E-state index contributed by atoms with van der Waals surface area (Å²) in [5, 5.41) is 0. The molecule has 4 heteroatoms. The van der Waals surface area contributed by atoms with Crippen LogP contribution in [0.4, 0.5) is 0 Å². The maximum absolute atomic E-state index is 11.1. The second kappa shape index (κ2) is 3.99. The first kappa shape index (κ1) is 8.90. The molecule has 0 saturated heterocycles. The summed E-state index contributed by atoms with van der Waals surface area (Å²) >= 11 is 0. The zero-order valence-corrected chi connectivity index (χ0v) is 7.20. The molecular weight excluding hydrogens is 160 g/mol. The highest BCUT2D eigenvalue weighted by atomic mass is 16.6. The Labute approximate surface area is 71.1 Å². The molecule has 0 fully saturated rings. The normalized spacial score (nSPS) is 16.1. The molecule has 0 aromatic rings. The van der Waals surface area contributed by atoms with Crippen molar-refractivity contribution in [3.05, 3.63) is 12.0 Å². The van der Waals surface area contributed by atoms with E-state index in [2.05, 4.69) is 0 Å². The second-order valence-corrected chi connectivity index (χ2v) is 2.66. The highest BCUT2D eigenvalue weighted by Crippen LogP contribution is 2.07. The van der Waals surface area contributed by atoms with Crippen molar-refractivity contribution >= 4 is 5.97 Å². The topological polar surface area (TPSA) is 44.8 Å². The highest BCUT2D eigenvalue weighted by Gasteiger charge is 2.17. The van der Waals surface area contributed by atoms with E-state index >= 15 is 0 Å². The van der Waals surface area contributed by atoms with E-state index in [1.807, 2.05) is 0 Å². The van der Waals surface area contributed by atoms with E-state index in [4.69, 9.17) is 14.2 Å². The maximum Gasteiger partial charge on any atom is 0.377 e. The van der Waals surface area contributed by atoms with Crippen LogP contribution in [0.2, 0.25) is 0 Å². The molecule has 4 nitrogen and oxygen atoms in total. The summed E-state index contributed by atoms with van der Waals surface area (Å²) in [5.41, 5.74) is 0. The molecule has 1 aliphatic rings. The first-order valence-electron chi connectivity index (χ1n) is 3.85. The average molecular weight is 172 g/mol. The van der Waals surface area contributed by atoms with Crippen LogP contribution >= 0.6 is 0 Å². The Morgan fingerprint density at radius 1 is 1.58 bits per heavy atom. The average Bonchev–Trinajstić information content (AvgIpc) is 2.05. The minimum Gasteiger partial charge on any atom is -0.493 e. The van der Waals surface area contributed by atoms with Crippen molar-refractivity contribution in [3.63, 3.8) is 0 Å². The summed E-state index contributed by atoms with van der Waals surface area (Å²) in [6.07, 6.45) is 1.15. The fourth-order valence-electron chi connectivity index (χ4n) is 0.748. The van der Waals surface area contributed by atoms with Gasteiger partial charge in [0, 0.05) is 0 Å². The van der Waals surface area contributed by atoms with Crippen molar-refractivity contribution in [2.75, 3.05) is 13.2 Å². The lowest BCUT2D eigenvalue weighted by atomic mass is 10.4. The van der Waals surface area contributed by atoms with Crippen LogP contribution in [0.25, 0.3) is 0 Å². The number of carbonyl (C=O) groups is 1. The molecule has 68 valence electrons. The molecule has 0 aliphatic carbocycles. The Hall–Kier alpha value is -1.19. The lowest BCUT2D eigenvalue weighted by molar-refractivity contribution is -0.148. The number of rotatable bonds is 2. The SMILES string of the molecule is CC(C)OC(=O)C1=COCCO1. The van der Waals surface area contributed by atoms with Gasteiger partial charge >= 0.3 is 5.97 Å². The summed E-state index contributed by atoms with van der Waals surface area (Å²) in [5.74, 6) is -0.320.